The van der Waals surface area contributed by atoms with Gasteiger partial charge in [-0.1, -0.05) is 0 Å². The summed E-state index contributed by atoms with van der Waals surface area (Å²) in [6.45, 7) is 1.50. The van der Waals surface area contributed by atoms with Crippen LogP contribution in [0.4, 0.5) is 19.0 Å². The standard InChI is InChI=1S/C13H19F3N4O2S/c1-19(23(2,21)22)8-10-3-5-20(6-4-10)12-7-11(13(14,15)16)17-9-18-12/h7,9-10H,3-6,8H2,1-2H3. The van der Waals surface area contributed by atoms with Gasteiger partial charge in [-0.25, -0.2) is 22.7 Å². The molecule has 0 N–H and O–H groups in total. The van der Waals surface area contributed by atoms with E-state index in [1.807, 2.05) is 0 Å². The molecule has 0 radical (unpaired) electrons. The number of piperidine rings is 1. The third-order valence-electron chi connectivity index (χ3n) is 3.96. The molecule has 2 rings (SSSR count). The van der Waals surface area contributed by atoms with Gasteiger partial charge < -0.3 is 4.90 Å². The Bertz CT molecular complexity index is 643. The zero-order chi connectivity index (χ0) is 17.3. The molecule has 0 atom stereocenters. The molecule has 1 aromatic rings. The van der Waals surface area contributed by atoms with Gasteiger partial charge in [-0.3, -0.25) is 0 Å². The number of hydrogen-bond acceptors (Lipinski definition) is 5. The predicted molar refractivity (Wildman–Crippen MR) is 79.4 cm³/mol. The number of sulfonamides is 1. The first kappa shape index (κ1) is 17.9. The Balaban J connectivity index is 1.97. The van der Waals surface area contributed by atoms with Crippen LogP contribution in [0.2, 0.25) is 0 Å². The third-order valence-corrected chi connectivity index (χ3v) is 5.24. The molecule has 23 heavy (non-hydrogen) atoms. The van der Waals surface area contributed by atoms with E-state index in [1.165, 1.54) is 11.4 Å². The van der Waals surface area contributed by atoms with Crippen molar-refractivity contribution in [3.63, 3.8) is 0 Å². The minimum Gasteiger partial charge on any atom is -0.356 e. The van der Waals surface area contributed by atoms with Crippen molar-refractivity contribution in [3.8, 4) is 0 Å². The molecule has 2 heterocycles. The van der Waals surface area contributed by atoms with Crippen LogP contribution in [0, 0.1) is 5.92 Å². The summed E-state index contributed by atoms with van der Waals surface area (Å²) in [6, 6.07) is 0.947. The SMILES string of the molecule is CN(CC1CCN(c2cc(C(F)(F)F)ncn2)CC1)S(C)(=O)=O. The van der Waals surface area contributed by atoms with Crippen LogP contribution in [0.15, 0.2) is 12.4 Å². The Morgan fingerprint density at radius 2 is 1.91 bits per heavy atom. The molecule has 0 amide bonds. The topological polar surface area (TPSA) is 66.4 Å². The van der Waals surface area contributed by atoms with Crippen molar-refractivity contribution in [3.05, 3.63) is 18.1 Å². The normalized spacial score (nSPS) is 17.7. The summed E-state index contributed by atoms with van der Waals surface area (Å²) in [5, 5.41) is 0. The van der Waals surface area contributed by atoms with E-state index in [2.05, 4.69) is 9.97 Å². The van der Waals surface area contributed by atoms with Gasteiger partial charge in [0.05, 0.1) is 6.26 Å². The second-order valence-corrected chi connectivity index (χ2v) is 7.82. The van der Waals surface area contributed by atoms with Crippen molar-refractivity contribution >= 4 is 15.8 Å². The van der Waals surface area contributed by atoms with E-state index < -0.39 is 21.9 Å². The van der Waals surface area contributed by atoms with Gasteiger partial charge >= 0.3 is 6.18 Å². The van der Waals surface area contributed by atoms with Crippen molar-refractivity contribution in [2.24, 2.45) is 5.92 Å². The molecule has 6 nitrogen and oxygen atoms in total. The fourth-order valence-corrected chi connectivity index (χ4v) is 3.00. The van der Waals surface area contributed by atoms with Crippen molar-refractivity contribution in [2.45, 2.75) is 19.0 Å². The van der Waals surface area contributed by atoms with Crippen LogP contribution in [0.25, 0.3) is 0 Å². The molecule has 1 aliphatic rings. The average molecular weight is 352 g/mol. The molecule has 0 spiro atoms. The van der Waals surface area contributed by atoms with E-state index in [4.69, 9.17) is 0 Å². The summed E-state index contributed by atoms with van der Waals surface area (Å²) in [5.41, 5.74) is -0.957. The maximum absolute atomic E-state index is 12.7. The van der Waals surface area contributed by atoms with Gasteiger partial charge in [-0.2, -0.15) is 13.2 Å². The van der Waals surface area contributed by atoms with Gasteiger partial charge in [0, 0.05) is 32.7 Å². The van der Waals surface area contributed by atoms with Crippen molar-refractivity contribution in [1.82, 2.24) is 14.3 Å². The lowest BCUT2D eigenvalue weighted by Gasteiger charge is -2.34. The Morgan fingerprint density at radius 1 is 1.30 bits per heavy atom. The molecule has 130 valence electrons. The zero-order valence-electron chi connectivity index (χ0n) is 12.9. The minimum absolute atomic E-state index is 0.190. The lowest BCUT2D eigenvalue weighted by Crippen LogP contribution is -2.39. The highest BCUT2D eigenvalue weighted by atomic mass is 32.2. The van der Waals surface area contributed by atoms with Gasteiger partial charge in [0.2, 0.25) is 10.0 Å². The van der Waals surface area contributed by atoms with Crippen LogP contribution in [-0.2, 0) is 16.2 Å². The first-order chi connectivity index (χ1) is 10.6. The summed E-state index contributed by atoms with van der Waals surface area (Å²) >= 11 is 0. The first-order valence-corrected chi connectivity index (χ1v) is 8.97. The summed E-state index contributed by atoms with van der Waals surface area (Å²) in [4.78, 5) is 8.93. The highest BCUT2D eigenvalue weighted by Crippen LogP contribution is 2.30. The molecule has 10 heteroatoms. The quantitative estimate of drug-likeness (QED) is 0.824. The zero-order valence-corrected chi connectivity index (χ0v) is 13.7. The smallest absolute Gasteiger partial charge is 0.356 e. The number of nitrogens with zero attached hydrogens (tertiary/aromatic N) is 4. The van der Waals surface area contributed by atoms with Crippen LogP contribution in [0.3, 0.4) is 0 Å². The van der Waals surface area contributed by atoms with Crippen LogP contribution in [0.1, 0.15) is 18.5 Å². The fourth-order valence-electron chi connectivity index (χ4n) is 2.52. The van der Waals surface area contributed by atoms with E-state index in [0.29, 0.717) is 32.5 Å². The van der Waals surface area contributed by atoms with Crippen LogP contribution in [-0.4, -0.2) is 55.6 Å². The van der Waals surface area contributed by atoms with Crippen molar-refractivity contribution in [2.75, 3.05) is 37.8 Å². The van der Waals surface area contributed by atoms with Crippen molar-refractivity contribution < 1.29 is 21.6 Å². The molecule has 0 saturated carbocycles. The summed E-state index contributed by atoms with van der Waals surface area (Å²) in [7, 11) is -1.69. The molecule has 1 aromatic heterocycles. The number of rotatable bonds is 4. The molecule has 1 aliphatic heterocycles. The van der Waals surface area contributed by atoms with Gasteiger partial charge in [0.1, 0.15) is 17.8 Å². The molecular formula is C13H19F3N4O2S. The second kappa shape index (κ2) is 6.60. The molecule has 0 bridgehead atoms. The second-order valence-electron chi connectivity index (χ2n) is 5.73. The highest BCUT2D eigenvalue weighted by molar-refractivity contribution is 7.88. The van der Waals surface area contributed by atoms with Crippen molar-refractivity contribution in [1.29, 1.82) is 0 Å². The van der Waals surface area contributed by atoms with Crippen LogP contribution >= 0.6 is 0 Å². The van der Waals surface area contributed by atoms with Crippen LogP contribution in [0.5, 0.6) is 0 Å². The third kappa shape index (κ3) is 4.77. The lowest BCUT2D eigenvalue weighted by atomic mass is 9.97. The summed E-state index contributed by atoms with van der Waals surface area (Å²) in [6.07, 6.45) is -1.02. The molecular weight excluding hydrogens is 333 g/mol. The number of aromatic nitrogens is 2. The van der Waals surface area contributed by atoms with Gasteiger partial charge in [-0.05, 0) is 18.8 Å². The van der Waals surface area contributed by atoms with E-state index in [9.17, 15) is 21.6 Å². The fraction of sp³-hybridized carbons (Fsp3) is 0.692. The molecule has 1 saturated heterocycles. The van der Waals surface area contributed by atoms with Crippen LogP contribution < -0.4 is 4.90 Å². The number of hydrogen-bond donors (Lipinski definition) is 0. The van der Waals surface area contributed by atoms with Gasteiger partial charge in [-0.15, -0.1) is 0 Å². The summed E-state index contributed by atoms with van der Waals surface area (Å²) in [5.74, 6) is 0.442. The number of anilines is 1. The molecule has 0 aliphatic carbocycles. The Labute approximate surface area is 133 Å². The molecule has 0 unspecified atom stereocenters. The predicted octanol–water partition coefficient (Wildman–Crippen LogP) is 1.60. The molecule has 0 aromatic carbocycles. The highest BCUT2D eigenvalue weighted by Gasteiger charge is 2.33. The molecule has 1 fully saturated rings. The largest absolute Gasteiger partial charge is 0.433 e. The Kier molecular flexibility index (Phi) is 5.14. The maximum atomic E-state index is 12.7. The Hall–Kier alpha value is -1.42. The van der Waals surface area contributed by atoms with E-state index in [1.54, 1.807) is 4.90 Å². The van der Waals surface area contributed by atoms with Gasteiger partial charge in [0.15, 0.2) is 0 Å². The lowest BCUT2D eigenvalue weighted by molar-refractivity contribution is -0.141. The van der Waals surface area contributed by atoms with Gasteiger partial charge in [0.25, 0.3) is 0 Å². The monoisotopic (exact) mass is 352 g/mol. The minimum atomic E-state index is -4.49. The summed E-state index contributed by atoms with van der Waals surface area (Å²) < 4.78 is 62.2. The Morgan fingerprint density at radius 3 is 2.43 bits per heavy atom. The van der Waals surface area contributed by atoms with E-state index in [-0.39, 0.29) is 11.7 Å². The number of alkyl halides is 3. The van der Waals surface area contributed by atoms with E-state index in [0.717, 1.165) is 18.6 Å². The van der Waals surface area contributed by atoms with E-state index >= 15 is 0 Å². The maximum Gasteiger partial charge on any atom is 0.433 e. The average Bonchev–Trinajstić information content (AvgIpc) is 2.46. The number of halogens is 3. The first-order valence-electron chi connectivity index (χ1n) is 7.13.